The third-order valence-electron chi connectivity index (χ3n) is 5.91. The second kappa shape index (κ2) is 10.5. The third kappa shape index (κ3) is 6.21. The number of hydrogen-bond donors (Lipinski definition) is 2. The van der Waals surface area contributed by atoms with Gasteiger partial charge in [0.1, 0.15) is 11.9 Å². The molecule has 0 saturated carbocycles. The Bertz CT molecular complexity index is 893. The van der Waals surface area contributed by atoms with Crippen LogP contribution in [0.5, 0.6) is 5.75 Å². The van der Waals surface area contributed by atoms with Gasteiger partial charge in [-0.3, -0.25) is 4.90 Å². The molecule has 6 nitrogen and oxygen atoms in total. The molecular weight excluding hydrogens is 456 g/mol. The van der Waals surface area contributed by atoms with Gasteiger partial charge in [0.15, 0.2) is 0 Å². The second-order valence-electron chi connectivity index (χ2n) is 8.39. The van der Waals surface area contributed by atoms with E-state index in [1.165, 1.54) is 5.56 Å². The van der Waals surface area contributed by atoms with E-state index in [2.05, 4.69) is 49.7 Å². The van der Waals surface area contributed by atoms with Gasteiger partial charge in [-0.1, -0.05) is 18.2 Å². The third-order valence-corrected chi connectivity index (χ3v) is 6.53. The van der Waals surface area contributed by atoms with Crippen LogP contribution in [-0.4, -0.2) is 61.2 Å². The van der Waals surface area contributed by atoms with Crippen LogP contribution in [0, 0.1) is 6.92 Å². The summed E-state index contributed by atoms with van der Waals surface area (Å²) in [5.41, 5.74) is 3.24. The van der Waals surface area contributed by atoms with Crippen molar-refractivity contribution in [3.8, 4) is 5.75 Å². The van der Waals surface area contributed by atoms with E-state index < -0.39 is 0 Å². The van der Waals surface area contributed by atoms with E-state index in [-0.39, 0.29) is 6.03 Å². The van der Waals surface area contributed by atoms with Gasteiger partial charge in [0.25, 0.3) is 0 Å². The molecule has 0 spiro atoms. The zero-order valence-electron chi connectivity index (χ0n) is 18.1. The quantitative estimate of drug-likeness (QED) is 0.663. The van der Waals surface area contributed by atoms with Crippen LogP contribution >= 0.6 is 15.9 Å². The molecule has 2 aliphatic rings. The van der Waals surface area contributed by atoms with Crippen molar-refractivity contribution in [3.63, 3.8) is 0 Å². The van der Waals surface area contributed by atoms with Crippen molar-refractivity contribution >= 4 is 27.6 Å². The molecule has 2 aromatic rings. The Hall–Kier alpha value is -2.09. The van der Waals surface area contributed by atoms with Crippen molar-refractivity contribution < 1.29 is 9.53 Å². The monoisotopic (exact) mass is 486 g/mol. The number of anilines is 1. The summed E-state index contributed by atoms with van der Waals surface area (Å²) in [5.74, 6) is 0.924. The van der Waals surface area contributed by atoms with Crippen LogP contribution in [0.25, 0.3) is 0 Å². The van der Waals surface area contributed by atoms with Gasteiger partial charge < -0.3 is 20.3 Å². The zero-order chi connectivity index (χ0) is 21.6. The molecule has 0 unspecified atom stereocenters. The molecule has 31 heavy (non-hydrogen) atoms. The molecule has 2 N–H and O–H groups in total. The summed E-state index contributed by atoms with van der Waals surface area (Å²) in [4.78, 5) is 16.8. The lowest BCUT2D eigenvalue weighted by Crippen LogP contribution is -2.49. The molecule has 0 bridgehead atoms. The van der Waals surface area contributed by atoms with E-state index in [0.717, 1.165) is 80.1 Å². The number of carbonyl (C=O) groups is 1. The molecule has 7 heteroatoms. The molecule has 0 atom stereocenters. The lowest BCUT2D eigenvalue weighted by atomic mass is 10.1. The average molecular weight is 487 g/mol. The Labute approximate surface area is 193 Å². The molecule has 2 fully saturated rings. The fourth-order valence-electron chi connectivity index (χ4n) is 4.12. The lowest BCUT2D eigenvalue weighted by molar-refractivity contribution is 0.142. The maximum atomic E-state index is 12.6. The van der Waals surface area contributed by atoms with Crippen molar-refractivity contribution in [2.45, 2.75) is 32.4 Å². The van der Waals surface area contributed by atoms with Crippen LogP contribution in [-0.2, 0) is 6.54 Å². The molecule has 2 saturated heterocycles. The number of nitrogens with one attached hydrogen (secondary N) is 2. The Morgan fingerprint density at radius 3 is 2.61 bits per heavy atom. The molecule has 2 amide bonds. The molecule has 2 aliphatic heterocycles. The van der Waals surface area contributed by atoms with E-state index in [1.54, 1.807) is 0 Å². The van der Waals surface area contributed by atoms with E-state index >= 15 is 0 Å². The number of piperidine rings is 1. The number of nitrogens with zero attached hydrogens (tertiary/aromatic N) is 2. The van der Waals surface area contributed by atoms with Crippen molar-refractivity contribution in [1.29, 1.82) is 0 Å². The van der Waals surface area contributed by atoms with Gasteiger partial charge in [-0.2, -0.15) is 0 Å². The number of benzene rings is 2. The first kappa shape index (κ1) is 22.1. The fraction of sp³-hybridized carbons (Fsp3) is 0.458. The number of halogens is 1. The van der Waals surface area contributed by atoms with E-state index in [1.807, 2.05) is 36.1 Å². The van der Waals surface area contributed by atoms with E-state index in [4.69, 9.17) is 4.74 Å². The predicted octanol–water partition coefficient (Wildman–Crippen LogP) is 4.24. The van der Waals surface area contributed by atoms with Crippen molar-refractivity contribution in [3.05, 3.63) is 58.1 Å². The number of hydrogen-bond acceptors (Lipinski definition) is 4. The number of ether oxygens (including phenoxy) is 1. The average Bonchev–Trinajstić information content (AvgIpc) is 2.77. The largest absolute Gasteiger partial charge is 0.489 e. The van der Waals surface area contributed by atoms with Gasteiger partial charge >= 0.3 is 6.03 Å². The van der Waals surface area contributed by atoms with E-state index in [9.17, 15) is 4.79 Å². The number of amides is 2. The summed E-state index contributed by atoms with van der Waals surface area (Å²) >= 11 is 3.68. The number of urea groups is 1. The Kier molecular flexibility index (Phi) is 7.48. The number of rotatable bonds is 5. The normalized spacial score (nSPS) is 18.1. The minimum Gasteiger partial charge on any atom is -0.489 e. The van der Waals surface area contributed by atoms with Gasteiger partial charge in [-0.25, -0.2) is 4.79 Å². The Morgan fingerprint density at radius 1 is 1.13 bits per heavy atom. The topological polar surface area (TPSA) is 56.8 Å². The van der Waals surface area contributed by atoms with Gasteiger partial charge in [-0.05, 0) is 84.2 Å². The standard InChI is InChI=1S/C24H31BrN4O2/c1-18-3-2-4-20(15-18)27-24(30)29-13-11-28(12-14-29)17-19-5-6-23(22(25)16-19)31-21-7-9-26-10-8-21/h2-6,15-16,21,26H,7-14,17H2,1H3,(H,27,30). The van der Waals surface area contributed by atoms with Gasteiger partial charge in [0, 0.05) is 38.4 Å². The maximum absolute atomic E-state index is 12.6. The van der Waals surface area contributed by atoms with Crippen LogP contribution < -0.4 is 15.4 Å². The lowest BCUT2D eigenvalue weighted by Gasteiger charge is -2.34. The Balaban J connectivity index is 1.25. The van der Waals surface area contributed by atoms with Crippen LogP contribution in [0.1, 0.15) is 24.0 Å². The highest BCUT2D eigenvalue weighted by Gasteiger charge is 2.22. The maximum Gasteiger partial charge on any atom is 0.321 e. The molecule has 2 aromatic carbocycles. The highest BCUT2D eigenvalue weighted by atomic mass is 79.9. The molecule has 166 valence electrons. The summed E-state index contributed by atoms with van der Waals surface area (Å²) in [6.07, 6.45) is 2.40. The predicted molar refractivity (Wildman–Crippen MR) is 128 cm³/mol. The van der Waals surface area contributed by atoms with Crippen LogP contribution in [0.15, 0.2) is 46.9 Å². The van der Waals surface area contributed by atoms with Crippen LogP contribution in [0.2, 0.25) is 0 Å². The Morgan fingerprint density at radius 2 is 1.90 bits per heavy atom. The van der Waals surface area contributed by atoms with E-state index in [0.29, 0.717) is 6.10 Å². The summed E-state index contributed by atoms with van der Waals surface area (Å²) in [7, 11) is 0. The number of aryl methyl sites for hydroxylation is 1. The van der Waals surface area contributed by atoms with Crippen molar-refractivity contribution in [2.75, 3.05) is 44.6 Å². The van der Waals surface area contributed by atoms with Gasteiger partial charge in [0.2, 0.25) is 0 Å². The van der Waals surface area contributed by atoms with Gasteiger partial charge in [0.05, 0.1) is 4.47 Å². The summed E-state index contributed by atoms with van der Waals surface area (Å²) in [5, 5.41) is 6.38. The molecule has 0 radical (unpaired) electrons. The van der Waals surface area contributed by atoms with Crippen LogP contribution in [0.4, 0.5) is 10.5 Å². The highest BCUT2D eigenvalue weighted by Crippen LogP contribution is 2.29. The minimum absolute atomic E-state index is 0.0209. The number of carbonyl (C=O) groups excluding carboxylic acids is 1. The molecular formula is C24H31BrN4O2. The SMILES string of the molecule is Cc1cccc(NC(=O)N2CCN(Cc3ccc(OC4CCNCC4)c(Br)c3)CC2)c1. The highest BCUT2D eigenvalue weighted by molar-refractivity contribution is 9.10. The zero-order valence-corrected chi connectivity index (χ0v) is 19.7. The van der Waals surface area contributed by atoms with Crippen LogP contribution in [0.3, 0.4) is 0 Å². The fourth-order valence-corrected chi connectivity index (χ4v) is 4.64. The summed E-state index contributed by atoms with van der Waals surface area (Å²) in [6.45, 7) is 8.15. The number of piperazine rings is 1. The molecule has 4 rings (SSSR count). The smallest absolute Gasteiger partial charge is 0.321 e. The molecule has 0 aromatic heterocycles. The van der Waals surface area contributed by atoms with Gasteiger partial charge in [-0.15, -0.1) is 0 Å². The minimum atomic E-state index is -0.0209. The summed E-state index contributed by atoms with van der Waals surface area (Å²) < 4.78 is 7.19. The molecule has 0 aliphatic carbocycles. The van der Waals surface area contributed by atoms with Crippen molar-refractivity contribution in [2.24, 2.45) is 0 Å². The summed E-state index contributed by atoms with van der Waals surface area (Å²) in [6, 6.07) is 14.3. The first-order valence-corrected chi connectivity index (χ1v) is 11.9. The first-order chi connectivity index (χ1) is 15.1. The second-order valence-corrected chi connectivity index (χ2v) is 9.25. The van der Waals surface area contributed by atoms with Crippen molar-refractivity contribution in [1.82, 2.24) is 15.1 Å². The first-order valence-electron chi connectivity index (χ1n) is 11.1. The molecule has 2 heterocycles.